The second-order valence-corrected chi connectivity index (χ2v) is 5.82. The van der Waals surface area contributed by atoms with E-state index in [0.717, 1.165) is 24.0 Å². The maximum Gasteiger partial charge on any atom is 0.0610 e. The van der Waals surface area contributed by atoms with Crippen molar-refractivity contribution >= 4 is 15.9 Å². The lowest BCUT2D eigenvalue weighted by molar-refractivity contribution is 0.594. The zero-order valence-corrected chi connectivity index (χ0v) is 13.9. The van der Waals surface area contributed by atoms with E-state index in [9.17, 15) is 0 Å². The molecule has 4 heteroatoms. The molecule has 108 valence electrons. The minimum absolute atomic E-state index is 0.202. The maximum atomic E-state index is 4.41. The third-order valence-corrected chi connectivity index (χ3v) is 4.39. The monoisotopic (exact) mass is 335 g/mol. The van der Waals surface area contributed by atoms with Crippen LogP contribution in [0.15, 0.2) is 35.1 Å². The molecular weight excluding hydrogens is 314 g/mol. The number of nitrogens with one attached hydrogen (secondary N) is 1. The lowest BCUT2D eigenvalue weighted by atomic mass is 9.97. The van der Waals surface area contributed by atoms with Crippen LogP contribution >= 0.6 is 15.9 Å². The molecule has 1 atom stereocenters. The van der Waals surface area contributed by atoms with Gasteiger partial charge in [-0.3, -0.25) is 4.68 Å². The second-order valence-electron chi connectivity index (χ2n) is 4.97. The fourth-order valence-electron chi connectivity index (χ4n) is 2.33. The van der Waals surface area contributed by atoms with Crippen LogP contribution in [0.2, 0.25) is 0 Å². The highest BCUT2D eigenvalue weighted by Gasteiger charge is 2.18. The molecule has 0 bridgehead atoms. The summed E-state index contributed by atoms with van der Waals surface area (Å²) in [4.78, 5) is 0. The summed E-state index contributed by atoms with van der Waals surface area (Å²) in [6.07, 6.45) is 5.22. The quantitative estimate of drug-likeness (QED) is 0.862. The molecule has 0 spiro atoms. The van der Waals surface area contributed by atoms with Gasteiger partial charge in [0.25, 0.3) is 0 Å². The van der Waals surface area contributed by atoms with E-state index in [-0.39, 0.29) is 6.04 Å². The molecule has 2 aromatic rings. The molecule has 0 aliphatic rings. The molecule has 2 rings (SSSR count). The van der Waals surface area contributed by atoms with Crippen LogP contribution in [-0.2, 0) is 6.54 Å². The van der Waals surface area contributed by atoms with E-state index < -0.39 is 0 Å². The molecule has 1 unspecified atom stereocenters. The van der Waals surface area contributed by atoms with Crippen LogP contribution in [0.25, 0.3) is 0 Å². The average molecular weight is 336 g/mol. The Bertz CT molecular complexity index is 563. The zero-order valence-electron chi connectivity index (χ0n) is 12.4. The van der Waals surface area contributed by atoms with Gasteiger partial charge in [-0.15, -0.1) is 0 Å². The predicted octanol–water partition coefficient (Wildman–Crippen LogP) is 4.06. The van der Waals surface area contributed by atoms with Gasteiger partial charge in [0.1, 0.15) is 0 Å². The molecule has 0 radical (unpaired) electrons. The maximum absolute atomic E-state index is 4.41. The summed E-state index contributed by atoms with van der Waals surface area (Å²) in [5, 5.41) is 8.04. The first-order valence-corrected chi connectivity index (χ1v) is 7.97. The Labute approximate surface area is 129 Å². The molecule has 1 N–H and O–H groups in total. The Balaban J connectivity index is 2.38. The van der Waals surface area contributed by atoms with Crippen molar-refractivity contribution in [3.63, 3.8) is 0 Å². The highest BCUT2D eigenvalue weighted by molar-refractivity contribution is 9.10. The van der Waals surface area contributed by atoms with Gasteiger partial charge in [-0.05, 0) is 44.0 Å². The van der Waals surface area contributed by atoms with Crippen molar-refractivity contribution in [1.82, 2.24) is 15.1 Å². The Hall–Kier alpha value is -1.13. The van der Waals surface area contributed by atoms with Crippen molar-refractivity contribution in [3.8, 4) is 0 Å². The van der Waals surface area contributed by atoms with Crippen LogP contribution < -0.4 is 5.32 Å². The van der Waals surface area contributed by atoms with Crippen LogP contribution in [-0.4, -0.2) is 16.3 Å². The van der Waals surface area contributed by atoms with Crippen molar-refractivity contribution in [2.45, 2.75) is 39.8 Å². The normalized spacial score (nSPS) is 12.6. The molecule has 1 aromatic carbocycles. The summed E-state index contributed by atoms with van der Waals surface area (Å²) >= 11 is 3.63. The Morgan fingerprint density at radius 1 is 1.35 bits per heavy atom. The number of rotatable bonds is 6. The third-order valence-electron chi connectivity index (χ3n) is 3.53. The molecule has 1 heterocycles. The summed E-state index contributed by atoms with van der Waals surface area (Å²) < 4.78 is 3.13. The van der Waals surface area contributed by atoms with Crippen molar-refractivity contribution < 1.29 is 0 Å². The van der Waals surface area contributed by atoms with E-state index in [1.165, 1.54) is 16.7 Å². The molecule has 0 aliphatic heterocycles. The van der Waals surface area contributed by atoms with Crippen molar-refractivity contribution in [2.24, 2.45) is 0 Å². The molecule has 0 saturated heterocycles. The van der Waals surface area contributed by atoms with Gasteiger partial charge < -0.3 is 5.32 Å². The molecule has 20 heavy (non-hydrogen) atoms. The lowest BCUT2D eigenvalue weighted by Crippen LogP contribution is -2.23. The minimum atomic E-state index is 0.202. The molecule has 0 aliphatic carbocycles. The van der Waals surface area contributed by atoms with Gasteiger partial charge in [0.05, 0.1) is 12.2 Å². The van der Waals surface area contributed by atoms with Gasteiger partial charge in [0, 0.05) is 22.8 Å². The first kappa shape index (κ1) is 15.3. The molecule has 0 amide bonds. The van der Waals surface area contributed by atoms with Gasteiger partial charge >= 0.3 is 0 Å². The number of aryl methyl sites for hydroxylation is 1. The van der Waals surface area contributed by atoms with Crippen LogP contribution in [0, 0.1) is 6.92 Å². The topological polar surface area (TPSA) is 29.9 Å². The highest BCUT2D eigenvalue weighted by Crippen LogP contribution is 2.28. The largest absolute Gasteiger partial charge is 0.306 e. The van der Waals surface area contributed by atoms with Gasteiger partial charge in [-0.2, -0.15) is 5.10 Å². The Morgan fingerprint density at radius 2 is 2.15 bits per heavy atom. The van der Waals surface area contributed by atoms with E-state index in [4.69, 9.17) is 0 Å². The number of aromatic nitrogens is 2. The summed E-state index contributed by atoms with van der Waals surface area (Å²) in [6, 6.07) is 6.58. The van der Waals surface area contributed by atoms with E-state index in [2.05, 4.69) is 71.5 Å². The Morgan fingerprint density at radius 3 is 2.80 bits per heavy atom. The Kier molecular flexibility index (Phi) is 5.38. The molecule has 0 saturated carbocycles. The fraction of sp³-hybridized carbons (Fsp3) is 0.438. The molecular formula is C16H22BrN3. The highest BCUT2D eigenvalue weighted by atomic mass is 79.9. The molecule has 3 nitrogen and oxygen atoms in total. The minimum Gasteiger partial charge on any atom is -0.306 e. The average Bonchev–Trinajstić information content (AvgIpc) is 2.92. The fourth-order valence-corrected chi connectivity index (χ4v) is 2.72. The lowest BCUT2D eigenvalue weighted by Gasteiger charge is -2.20. The summed E-state index contributed by atoms with van der Waals surface area (Å²) in [5.74, 6) is 0. The number of benzene rings is 1. The standard InChI is InChI=1S/C16H22BrN3/c1-4-9-18-16(13-10-19-20(5-2)11-13)14-7-6-8-15(17)12(14)3/h6-8,10-11,16,18H,4-5,9H2,1-3H3. The van der Waals surface area contributed by atoms with Gasteiger partial charge in [0.2, 0.25) is 0 Å². The first-order valence-electron chi connectivity index (χ1n) is 7.18. The van der Waals surface area contributed by atoms with E-state index >= 15 is 0 Å². The van der Waals surface area contributed by atoms with E-state index in [0.29, 0.717) is 0 Å². The number of nitrogens with zero attached hydrogens (tertiary/aromatic N) is 2. The number of hydrogen-bond acceptors (Lipinski definition) is 2. The third kappa shape index (κ3) is 3.30. The van der Waals surface area contributed by atoms with Crippen molar-refractivity contribution in [2.75, 3.05) is 6.54 Å². The number of halogens is 1. The van der Waals surface area contributed by atoms with Crippen molar-refractivity contribution in [3.05, 3.63) is 51.8 Å². The SMILES string of the molecule is CCCNC(c1cnn(CC)c1)c1cccc(Br)c1C. The summed E-state index contributed by atoms with van der Waals surface area (Å²) in [7, 11) is 0. The predicted molar refractivity (Wildman–Crippen MR) is 86.9 cm³/mol. The summed E-state index contributed by atoms with van der Waals surface area (Å²) in [6.45, 7) is 8.35. The summed E-state index contributed by atoms with van der Waals surface area (Å²) in [5.41, 5.74) is 3.82. The van der Waals surface area contributed by atoms with Gasteiger partial charge in [0.15, 0.2) is 0 Å². The second kappa shape index (κ2) is 7.04. The van der Waals surface area contributed by atoms with Crippen LogP contribution in [0.1, 0.15) is 43.0 Å². The molecule has 1 aromatic heterocycles. The van der Waals surface area contributed by atoms with E-state index in [1.807, 2.05) is 10.9 Å². The van der Waals surface area contributed by atoms with Gasteiger partial charge in [-0.1, -0.05) is 35.0 Å². The smallest absolute Gasteiger partial charge is 0.0610 e. The van der Waals surface area contributed by atoms with Crippen LogP contribution in [0.5, 0.6) is 0 Å². The first-order chi connectivity index (χ1) is 9.67. The van der Waals surface area contributed by atoms with Crippen LogP contribution in [0.4, 0.5) is 0 Å². The van der Waals surface area contributed by atoms with Crippen molar-refractivity contribution in [1.29, 1.82) is 0 Å². The number of hydrogen-bond donors (Lipinski definition) is 1. The van der Waals surface area contributed by atoms with Crippen LogP contribution in [0.3, 0.4) is 0 Å². The molecule has 0 fully saturated rings. The van der Waals surface area contributed by atoms with Gasteiger partial charge in [-0.25, -0.2) is 0 Å². The van der Waals surface area contributed by atoms with E-state index in [1.54, 1.807) is 0 Å². The zero-order chi connectivity index (χ0) is 14.5.